The highest BCUT2D eigenvalue weighted by atomic mass is 16.5. The number of nitrogens with two attached hydrogens (primary N) is 1. The number of phenols is 1. The number of dihydropyridines is 1. The number of fused-ring (bicyclic) bond motifs is 3. The van der Waals surface area contributed by atoms with Crippen LogP contribution in [0.4, 0.5) is 0 Å². The molecule has 64 heavy (non-hydrogen) atoms. The first-order valence-corrected chi connectivity index (χ1v) is 24.4. The zero-order chi connectivity index (χ0) is 45.0. The third-order valence-electron chi connectivity index (χ3n) is 15.8. The molecule has 2 saturated carbocycles. The lowest BCUT2D eigenvalue weighted by atomic mass is 9.64. The van der Waals surface area contributed by atoms with Gasteiger partial charge in [-0.05, 0) is 152 Å². The van der Waals surface area contributed by atoms with Crippen LogP contribution in [0.3, 0.4) is 0 Å². The molecule has 5 aliphatic rings. The van der Waals surface area contributed by atoms with Gasteiger partial charge in [-0.15, -0.1) is 0 Å². The van der Waals surface area contributed by atoms with E-state index in [0.717, 1.165) is 79.1 Å². The number of methoxy groups -OCH3 is 1. The van der Waals surface area contributed by atoms with Crippen LogP contribution < -0.4 is 21.1 Å². The molecule has 9 heteroatoms. The van der Waals surface area contributed by atoms with Crippen LogP contribution in [-0.4, -0.2) is 65.3 Å². The molecule has 1 saturated heterocycles. The van der Waals surface area contributed by atoms with Gasteiger partial charge in [-0.3, -0.25) is 9.59 Å². The number of ketones is 2. The van der Waals surface area contributed by atoms with Gasteiger partial charge in [-0.1, -0.05) is 87.1 Å². The second kappa shape index (κ2) is 20.3. The minimum absolute atomic E-state index is 0.0171. The van der Waals surface area contributed by atoms with E-state index >= 15 is 0 Å². The smallest absolute Gasteiger partial charge is 0.160 e. The number of hydrogen-bond donors (Lipinski definition) is 6. The van der Waals surface area contributed by atoms with Gasteiger partial charge in [0.15, 0.2) is 17.3 Å². The fourth-order valence-electron chi connectivity index (χ4n) is 12.0. The minimum atomic E-state index is -1.16. The molecule has 3 aromatic carbocycles. The maximum Gasteiger partial charge on any atom is 0.160 e. The number of aryl methyl sites for hydroxylation is 1. The first-order chi connectivity index (χ1) is 30.9. The van der Waals surface area contributed by atoms with Crippen molar-refractivity contribution in [2.24, 2.45) is 40.7 Å². The van der Waals surface area contributed by atoms with Gasteiger partial charge in [0.05, 0.1) is 25.1 Å². The largest absolute Gasteiger partial charge is 0.504 e. The maximum absolute atomic E-state index is 14.4. The number of piperidine rings is 1. The van der Waals surface area contributed by atoms with Gasteiger partial charge < -0.3 is 36.4 Å². The third-order valence-corrected chi connectivity index (χ3v) is 15.8. The van der Waals surface area contributed by atoms with Crippen molar-refractivity contribution in [3.05, 3.63) is 94.8 Å². The molecule has 3 aromatic rings. The molecule has 7 N–H and O–H groups in total. The number of aliphatic hydroxyl groups is 2. The Morgan fingerprint density at radius 2 is 1.75 bits per heavy atom. The topological polar surface area (TPSA) is 154 Å². The highest BCUT2D eigenvalue weighted by molar-refractivity contribution is 5.89. The number of ether oxygens (including phenoxy) is 1. The molecular weight excluding hydrogens is 799 g/mol. The Morgan fingerprint density at radius 3 is 2.53 bits per heavy atom. The average Bonchev–Trinajstić information content (AvgIpc) is 3.34. The van der Waals surface area contributed by atoms with Crippen LogP contribution in [0.25, 0.3) is 10.8 Å². The van der Waals surface area contributed by atoms with Crippen LogP contribution in [0.15, 0.2) is 78.1 Å². The van der Waals surface area contributed by atoms with E-state index in [-0.39, 0.29) is 29.8 Å². The van der Waals surface area contributed by atoms with E-state index < -0.39 is 23.5 Å². The summed E-state index contributed by atoms with van der Waals surface area (Å²) < 4.78 is 5.56. The van der Waals surface area contributed by atoms with Crippen LogP contribution in [0.5, 0.6) is 11.5 Å². The molecule has 3 fully saturated rings. The van der Waals surface area contributed by atoms with Crippen molar-refractivity contribution in [1.29, 1.82) is 0 Å². The Kier molecular flexibility index (Phi) is 14.5. The fraction of sp³-hybridized carbons (Fsp3) is 0.564. The number of benzene rings is 3. The molecule has 0 bridgehead atoms. The second-order valence-electron chi connectivity index (χ2n) is 20.4. The summed E-state index contributed by atoms with van der Waals surface area (Å²) in [5.41, 5.74) is 9.23. The summed E-state index contributed by atoms with van der Waals surface area (Å²) in [5, 5.41) is 45.0. The number of allylic oxidation sites excluding steroid dienone is 2. The highest BCUT2D eigenvalue weighted by Crippen LogP contribution is 2.46. The predicted octanol–water partition coefficient (Wildman–Crippen LogP) is 8.74. The van der Waals surface area contributed by atoms with Gasteiger partial charge in [-0.25, -0.2) is 0 Å². The van der Waals surface area contributed by atoms with E-state index in [4.69, 9.17) is 10.5 Å². The van der Waals surface area contributed by atoms with Crippen molar-refractivity contribution in [2.45, 2.75) is 140 Å². The number of phenolic OH excluding ortho intramolecular Hbond substituents is 1. The normalized spacial score (nSPS) is 28.5. The Morgan fingerprint density at radius 1 is 0.938 bits per heavy atom. The molecule has 1 spiro atoms. The van der Waals surface area contributed by atoms with Gasteiger partial charge >= 0.3 is 0 Å². The number of hydrogen-bond acceptors (Lipinski definition) is 9. The molecule has 0 radical (unpaired) electrons. The molecule has 9 nitrogen and oxygen atoms in total. The Balaban J connectivity index is 1.05. The Bertz CT molecular complexity index is 2290. The van der Waals surface area contributed by atoms with Gasteiger partial charge in [0.2, 0.25) is 0 Å². The predicted molar refractivity (Wildman–Crippen MR) is 254 cm³/mol. The van der Waals surface area contributed by atoms with Crippen molar-refractivity contribution in [2.75, 3.05) is 20.2 Å². The Labute approximate surface area is 380 Å². The van der Waals surface area contributed by atoms with Crippen molar-refractivity contribution in [3.8, 4) is 23.3 Å². The van der Waals surface area contributed by atoms with Gasteiger partial charge in [0.25, 0.3) is 0 Å². The van der Waals surface area contributed by atoms with Gasteiger partial charge in [0.1, 0.15) is 11.2 Å². The van der Waals surface area contributed by atoms with Crippen LogP contribution in [0.1, 0.15) is 132 Å². The number of aliphatic hydroxyl groups excluding tert-OH is 2. The maximum atomic E-state index is 14.4. The molecule has 0 amide bonds. The van der Waals surface area contributed by atoms with Crippen molar-refractivity contribution >= 4 is 22.3 Å². The number of nitrogens with one attached hydrogen (secondary N) is 2. The van der Waals surface area contributed by atoms with Crippen molar-refractivity contribution in [1.82, 2.24) is 10.6 Å². The van der Waals surface area contributed by atoms with Crippen LogP contribution >= 0.6 is 0 Å². The number of carbonyl (C=O) groups is 2. The Hall–Kier alpha value is -4.62. The summed E-state index contributed by atoms with van der Waals surface area (Å²) >= 11 is 0. The van der Waals surface area contributed by atoms with E-state index in [2.05, 4.69) is 84.9 Å². The quantitative estimate of drug-likeness (QED) is 0.0874. The summed E-state index contributed by atoms with van der Waals surface area (Å²) in [6.07, 6.45) is 13.5. The molecule has 8 rings (SSSR count). The molecule has 342 valence electrons. The zero-order valence-corrected chi connectivity index (χ0v) is 38.3. The molecule has 2 aliphatic heterocycles. The second-order valence-corrected chi connectivity index (χ2v) is 20.4. The standard InChI is InChI=1S/C55H71N3O6/c1-34(2)8-17-45(54(43-22-25-57-53(56)30-43)42-12-11-37-6-4-5-7-39(37)28-42)48(60)18-14-38-21-24-55(51(62)19-15-40-29-50(64-3)49(61)32-46(38)40)23-20-35(27-52(55)63)9-10-36-26-41-13-16-44(59)31-47(41)58-33-36/h4-7,11-12,22,28-30,32,34-36,38,41,45,47-48,52,54,57-58,60-61,63H,8-10,13-20,23,25-27,31,33,56H2,1-3H3. The summed E-state index contributed by atoms with van der Waals surface area (Å²) in [6, 6.07) is 18.9. The summed E-state index contributed by atoms with van der Waals surface area (Å²) in [4.78, 5) is 26.5. The van der Waals surface area contributed by atoms with E-state index in [1.807, 2.05) is 12.1 Å². The van der Waals surface area contributed by atoms with E-state index in [1.165, 1.54) is 12.5 Å². The van der Waals surface area contributed by atoms with Crippen LogP contribution in [0.2, 0.25) is 0 Å². The molecular formula is C55H71N3O6. The highest BCUT2D eigenvalue weighted by Gasteiger charge is 2.48. The average molecular weight is 870 g/mol. The first-order valence-electron chi connectivity index (χ1n) is 24.4. The first kappa shape index (κ1) is 45.9. The number of aromatic hydroxyl groups is 1. The van der Waals surface area contributed by atoms with Gasteiger partial charge in [0, 0.05) is 43.7 Å². The van der Waals surface area contributed by atoms with E-state index in [1.54, 1.807) is 6.07 Å². The van der Waals surface area contributed by atoms with Crippen molar-refractivity contribution < 1.29 is 29.6 Å². The molecule has 3 aliphatic carbocycles. The summed E-state index contributed by atoms with van der Waals surface area (Å²) in [6.45, 7) is 6.01. The van der Waals surface area contributed by atoms with E-state index in [9.17, 15) is 24.9 Å². The number of carbonyl (C=O) groups excluding carboxylic acids is 2. The third kappa shape index (κ3) is 10.3. The molecule has 0 aromatic heterocycles. The number of Topliss-reactive ketones (excluding diaryl/α,β-unsaturated/α-hetero) is 2. The van der Waals surface area contributed by atoms with Crippen molar-refractivity contribution in [3.63, 3.8) is 0 Å². The minimum Gasteiger partial charge on any atom is -0.504 e. The lowest BCUT2D eigenvalue weighted by Crippen LogP contribution is -2.49. The molecule has 10 unspecified atom stereocenters. The fourth-order valence-corrected chi connectivity index (χ4v) is 12.0. The zero-order valence-electron chi connectivity index (χ0n) is 38.3. The molecule has 10 atom stereocenters. The van der Waals surface area contributed by atoms with Crippen LogP contribution in [0, 0.1) is 46.8 Å². The van der Waals surface area contributed by atoms with Gasteiger partial charge in [-0.2, -0.15) is 0 Å². The number of rotatable bonds is 14. The monoisotopic (exact) mass is 870 g/mol. The summed E-state index contributed by atoms with van der Waals surface area (Å²) in [5.74, 6) is 9.63. The lowest BCUT2D eigenvalue weighted by molar-refractivity contribution is -0.134. The SMILES string of the molecule is COc1cc2c(cc1O)C(CCC(O)C(CCC(C)C)C(C1=CCNC(N)=C1)c1ccc3ccccc3c1)C#CC1(CCC(CCC3CNC4CC(=O)CCC4C3)CC1O)C(=O)CC2. The lowest BCUT2D eigenvalue weighted by Gasteiger charge is -2.42. The van der Waals surface area contributed by atoms with Crippen LogP contribution in [-0.2, 0) is 16.0 Å². The molecule has 2 heterocycles. The summed E-state index contributed by atoms with van der Waals surface area (Å²) in [7, 11) is 1.53. The van der Waals surface area contributed by atoms with E-state index in [0.29, 0.717) is 98.6 Å².